The fourth-order valence-corrected chi connectivity index (χ4v) is 2.71. The largest absolute Gasteiger partial charge is 0.395 e. The van der Waals surface area contributed by atoms with Crippen molar-refractivity contribution in [3.05, 3.63) is 47.8 Å². The van der Waals surface area contributed by atoms with Gasteiger partial charge in [0.25, 0.3) is 0 Å². The highest BCUT2D eigenvalue weighted by atomic mass is 16.3. The lowest BCUT2D eigenvalue weighted by atomic mass is 10.1. The molecule has 0 spiro atoms. The molecule has 0 radical (unpaired) electrons. The van der Waals surface area contributed by atoms with Crippen LogP contribution in [0.25, 0.3) is 0 Å². The Bertz CT molecular complexity index is 706. The van der Waals surface area contributed by atoms with E-state index in [2.05, 4.69) is 34.7 Å². The second kappa shape index (κ2) is 10.5. The zero-order chi connectivity index (χ0) is 19.6. The first-order chi connectivity index (χ1) is 13.1. The van der Waals surface area contributed by atoms with E-state index in [0.717, 1.165) is 37.6 Å². The summed E-state index contributed by atoms with van der Waals surface area (Å²) in [6.45, 7) is 8.33. The molecule has 0 heterocycles. The molecule has 0 saturated heterocycles. The van der Waals surface area contributed by atoms with Crippen LogP contribution in [0.4, 0.5) is 11.4 Å². The van der Waals surface area contributed by atoms with Gasteiger partial charge in [-0.2, -0.15) is 0 Å². The van der Waals surface area contributed by atoms with E-state index in [0.29, 0.717) is 0 Å². The third-order valence-corrected chi connectivity index (χ3v) is 4.32. The molecule has 1 aromatic rings. The molecule has 1 aromatic carbocycles. The number of carbonyl (C=O) groups excluding carboxylic acids is 2. The van der Waals surface area contributed by atoms with Crippen LogP contribution in [0, 0.1) is 0 Å². The Morgan fingerprint density at radius 1 is 0.852 bits per heavy atom. The minimum absolute atomic E-state index is 0.108. The molecule has 0 aromatic heterocycles. The Labute approximate surface area is 160 Å². The van der Waals surface area contributed by atoms with Crippen molar-refractivity contribution in [1.29, 1.82) is 0 Å². The number of likely N-dealkylation sites (N-methyl/N-ethyl adjacent to an activating group) is 1. The monoisotopic (exact) mass is 372 g/mol. The Kier molecular flexibility index (Phi) is 8.03. The van der Waals surface area contributed by atoms with Crippen molar-refractivity contribution in [3.63, 3.8) is 0 Å². The van der Waals surface area contributed by atoms with Crippen LogP contribution < -0.4 is 16.0 Å². The fraction of sp³-hybridized carbons (Fsp3) is 0.400. The van der Waals surface area contributed by atoms with E-state index in [-0.39, 0.29) is 36.1 Å². The second-order valence-electron chi connectivity index (χ2n) is 6.15. The number of nitrogens with zero attached hydrogens (tertiary/aromatic N) is 1. The van der Waals surface area contributed by atoms with Gasteiger partial charge in [0.1, 0.15) is 0 Å². The van der Waals surface area contributed by atoms with Gasteiger partial charge in [0.15, 0.2) is 0 Å². The molecule has 7 nitrogen and oxygen atoms in total. The Balaban J connectivity index is 1.89. The molecule has 7 heteroatoms. The quantitative estimate of drug-likeness (QED) is 0.436. The van der Waals surface area contributed by atoms with E-state index in [1.165, 1.54) is 12.2 Å². The highest BCUT2D eigenvalue weighted by Crippen LogP contribution is 2.18. The minimum atomic E-state index is -0.291. The molecule has 0 fully saturated rings. The van der Waals surface area contributed by atoms with Gasteiger partial charge < -0.3 is 26.0 Å². The van der Waals surface area contributed by atoms with Gasteiger partial charge in [-0.1, -0.05) is 13.8 Å². The molecule has 2 rings (SSSR count). The molecule has 0 aliphatic heterocycles. The van der Waals surface area contributed by atoms with Crippen LogP contribution in [0.3, 0.4) is 0 Å². The summed E-state index contributed by atoms with van der Waals surface area (Å²) in [6.07, 6.45) is 2.53. The number of hydrogen-bond acceptors (Lipinski definition) is 7. The van der Waals surface area contributed by atoms with Crippen molar-refractivity contribution in [3.8, 4) is 0 Å². The Morgan fingerprint density at radius 2 is 1.44 bits per heavy atom. The molecule has 1 aliphatic carbocycles. The minimum Gasteiger partial charge on any atom is -0.395 e. The Morgan fingerprint density at radius 3 is 2.07 bits per heavy atom. The standard InChI is InChI=1S/C20H28N4O3/c1-3-24(4-2)11-9-21-15-5-7-16(8-6-15)23-18-14-19(26)17(13-20(18)27)22-10-12-25/h5-8,13-14,21-23,25H,3-4,9-12H2,1-2H3. The third kappa shape index (κ3) is 6.23. The van der Waals surface area contributed by atoms with Gasteiger partial charge in [-0.25, -0.2) is 0 Å². The average Bonchev–Trinajstić information content (AvgIpc) is 2.68. The number of anilines is 2. The van der Waals surface area contributed by atoms with E-state index in [1.54, 1.807) is 0 Å². The van der Waals surface area contributed by atoms with Gasteiger partial charge in [0.2, 0.25) is 11.6 Å². The van der Waals surface area contributed by atoms with Crippen LogP contribution >= 0.6 is 0 Å². The molecule has 0 saturated carbocycles. The van der Waals surface area contributed by atoms with Gasteiger partial charge in [-0.15, -0.1) is 0 Å². The van der Waals surface area contributed by atoms with Gasteiger partial charge >= 0.3 is 0 Å². The molecular formula is C20H28N4O3. The highest BCUT2D eigenvalue weighted by Gasteiger charge is 2.20. The molecular weight excluding hydrogens is 344 g/mol. The van der Waals surface area contributed by atoms with Crippen LogP contribution in [0.1, 0.15) is 13.8 Å². The van der Waals surface area contributed by atoms with E-state index < -0.39 is 0 Å². The lowest BCUT2D eigenvalue weighted by Crippen LogP contribution is -2.28. The van der Waals surface area contributed by atoms with Crippen LogP contribution in [0.15, 0.2) is 47.8 Å². The zero-order valence-corrected chi connectivity index (χ0v) is 15.9. The molecule has 0 bridgehead atoms. The molecule has 4 N–H and O–H groups in total. The first-order valence-electron chi connectivity index (χ1n) is 9.27. The van der Waals surface area contributed by atoms with Crippen LogP contribution in [-0.4, -0.2) is 60.9 Å². The Hall–Kier alpha value is -2.64. The maximum Gasteiger partial charge on any atom is 0.204 e. The number of allylic oxidation sites excluding steroid dienone is 2. The smallest absolute Gasteiger partial charge is 0.204 e. The summed E-state index contributed by atoms with van der Waals surface area (Å²) in [5.41, 5.74) is 2.17. The highest BCUT2D eigenvalue weighted by molar-refractivity contribution is 6.20. The topological polar surface area (TPSA) is 93.7 Å². The lowest BCUT2D eigenvalue weighted by Gasteiger charge is -2.18. The average molecular weight is 372 g/mol. The van der Waals surface area contributed by atoms with Crippen molar-refractivity contribution < 1.29 is 14.7 Å². The second-order valence-corrected chi connectivity index (χ2v) is 6.15. The first-order valence-corrected chi connectivity index (χ1v) is 9.27. The zero-order valence-electron chi connectivity index (χ0n) is 15.9. The summed E-state index contributed by atoms with van der Waals surface area (Å²) < 4.78 is 0. The lowest BCUT2D eigenvalue weighted by molar-refractivity contribution is -0.115. The number of nitrogens with one attached hydrogen (secondary N) is 3. The number of benzene rings is 1. The van der Waals surface area contributed by atoms with Gasteiger partial charge in [-0.3, -0.25) is 9.59 Å². The SMILES string of the molecule is CCN(CC)CCNc1ccc(NC2=CC(=O)C(NCCO)=CC2=O)cc1. The number of rotatable bonds is 11. The molecule has 0 amide bonds. The number of hydrogen-bond donors (Lipinski definition) is 4. The summed E-state index contributed by atoms with van der Waals surface area (Å²) in [5, 5.41) is 17.9. The molecule has 27 heavy (non-hydrogen) atoms. The number of aliphatic hydroxyl groups excluding tert-OH is 1. The molecule has 0 atom stereocenters. The number of ketones is 2. The fourth-order valence-electron chi connectivity index (χ4n) is 2.71. The number of aliphatic hydroxyl groups is 1. The first kappa shape index (κ1) is 20.7. The van der Waals surface area contributed by atoms with Gasteiger partial charge in [0, 0.05) is 43.2 Å². The molecule has 0 unspecified atom stereocenters. The summed E-state index contributed by atoms with van der Waals surface area (Å²) >= 11 is 0. The normalized spacial score (nSPS) is 14.1. The van der Waals surface area contributed by atoms with E-state index >= 15 is 0 Å². The van der Waals surface area contributed by atoms with Crippen LogP contribution in [0.5, 0.6) is 0 Å². The summed E-state index contributed by atoms with van der Waals surface area (Å²) in [5.74, 6) is -0.572. The van der Waals surface area contributed by atoms with Crippen molar-refractivity contribution in [2.75, 3.05) is 50.0 Å². The maximum absolute atomic E-state index is 12.2. The summed E-state index contributed by atoms with van der Waals surface area (Å²) in [4.78, 5) is 26.5. The predicted molar refractivity (Wildman–Crippen MR) is 108 cm³/mol. The van der Waals surface area contributed by atoms with Crippen LogP contribution in [-0.2, 0) is 9.59 Å². The number of carbonyl (C=O) groups is 2. The van der Waals surface area contributed by atoms with E-state index in [1.807, 2.05) is 24.3 Å². The predicted octanol–water partition coefficient (Wildman–Crippen LogP) is 1.35. The van der Waals surface area contributed by atoms with Crippen molar-refractivity contribution >= 4 is 22.9 Å². The summed E-state index contributed by atoms with van der Waals surface area (Å²) in [6, 6.07) is 7.60. The van der Waals surface area contributed by atoms with Crippen molar-refractivity contribution in [2.24, 2.45) is 0 Å². The van der Waals surface area contributed by atoms with Gasteiger partial charge in [0.05, 0.1) is 18.0 Å². The maximum atomic E-state index is 12.2. The van der Waals surface area contributed by atoms with Crippen molar-refractivity contribution in [2.45, 2.75) is 13.8 Å². The van der Waals surface area contributed by atoms with Crippen LogP contribution in [0.2, 0.25) is 0 Å². The van der Waals surface area contributed by atoms with E-state index in [4.69, 9.17) is 5.11 Å². The van der Waals surface area contributed by atoms with Gasteiger partial charge in [-0.05, 0) is 37.4 Å². The molecule has 146 valence electrons. The third-order valence-electron chi connectivity index (χ3n) is 4.32. The van der Waals surface area contributed by atoms with E-state index in [9.17, 15) is 9.59 Å². The summed E-state index contributed by atoms with van der Waals surface area (Å²) in [7, 11) is 0. The van der Waals surface area contributed by atoms with Crippen molar-refractivity contribution in [1.82, 2.24) is 10.2 Å². The molecule has 1 aliphatic rings.